The average molecular weight is 159 g/mol. The fourth-order valence-electron chi connectivity index (χ4n) is 2.26. The van der Waals surface area contributed by atoms with E-state index >= 15 is 0 Å². The Labute approximate surface area is 73.1 Å². The van der Waals surface area contributed by atoms with Crippen LogP contribution < -0.4 is 0 Å². The summed E-state index contributed by atoms with van der Waals surface area (Å²) in [7, 11) is 2.12. The molecule has 0 aromatic carbocycles. The summed E-state index contributed by atoms with van der Waals surface area (Å²) in [6.45, 7) is 5.17. The smallest absolute Gasteiger partial charge is 0.0429 e. The summed E-state index contributed by atoms with van der Waals surface area (Å²) >= 11 is 0. The number of rotatable bonds is 0. The molecule has 0 N–H and O–H groups in total. The minimum absolute atomic E-state index is 0.854. The molecule has 62 valence electrons. The quantitative estimate of drug-likeness (QED) is 0.522. The average Bonchev–Trinajstić information content (AvgIpc) is 2.74. The normalized spacial score (nSPS) is 37.1. The second kappa shape index (κ2) is 1.85. The van der Waals surface area contributed by atoms with Crippen LogP contribution >= 0.6 is 0 Å². The lowest BCUT2D eigenvalue weighted by molar-refractivity contribution is 0.503. The molecule has 3 rings (SSSR count). The Balaban J connectivity index is 2.07. The summed E-state index contributed by atoms with van der Waals surface area (Å²) in [5.74, 6) is 1.73. The van der Waals surface area contributed by atoms with Gasteiger partial charge in [-0.25, -0.2) is 0 Å². The van der Waals surface area contributed by atoms with Crippen molar-refractivity contribution in [2.45, 2.75) is 6.42 Å². The third-order valence-electron chi connectivity index (χ3n) is 3.21. The first-order valence-corrected chi connectivity index (χ1v) is 4.59. The third-order valence-corrected chi connectivity index (χ3v) is 3.21. The van der Waals surface area contributed by atoms with Crippen molar-refractivity contribution in [1.82, 2.24) is 4.90 Å². The summed E-state index contributed by atoms with van der Waals surface area (Å²) in [6.07, 6.45) is 6.25. The fraction of sp³-hybridized carbons (Fsp3) is 0.455. The molecule has 1 aliphatic heterocycles. The standard InChI is InChI=1S/C11H13N/c1-7-11-5-9-3-8(9)4-10(11)6-12(7)2/h4-5,8-9H,1,3,6H2,2H3/t8?,9-/m0/s1. The third kappa shape index (κ3) is 0.689. The number of allylic oxidation sites excluding steroid dienone is 3. The zero-order valence-corrected chi connectivity index (χ0v) is 7.38. The molecule has 0 aromatic rings. The van der Waals surface area contributed by atoms with Gasteiger partial charge in [-0.05, 0) is 29.4 Å². The second-order valence-corrected chi connectivity index (χ2v) is 4.14. The van der Waals surface area contributed by atoms with Crippen molar-refractivity contribution in [3.63, 3.8) is 0 Å². The molecule has 0 spiro atoms. The Bertz CT molecular complexity index is 322. The number of likely N-dealkylation sites (N-methyl/N-ethyl adjacent to an activating group) is 1. The Kier molecular flexibility index (Phi) is 1.00. The molecule has 0 amide bonds. The van der Waals surface area contributed by atoms with E-state index in [2.05, 4.69) is 30.7 Å². The van der Waals surface area contributed by atoms with Crippen molar-refractivity contribution in [2.75, 3.05) is 13.6 Å². The van der Waals surface area contributed by atoms with Gasteiger partial charge in [0.1, 0.15) is 0 Å². The molecule has 1 unspecified atom stereocenters. The van der Waals surface area contributed by atoms with Crippen LogP contribution in [0.1, 0.15) is 6.42 Å². The first-order chi connectivity index (χ1) is 5.75. The van der Waals surface area contributed by atoms with Crippen LogP contribution in [0.25, 0.3) is 0 Å². The second-order valence-electron chi connectivity index (χ2n) is 4.14. The zero-order valence-electron chi connectivity index (χ0n) is 7.38. The van der Waals surface area contributed by atoms with Crippen LogP contribution in [0, 0.1) is 11.8 Å². The van der Waals surface area contributed by atoms with Crippen LogP contribution in [0.4, 0.5) is 0 Å². The van der Waals surface area contributed by atoms with Crippen LogP contribution in [0.3, 0.4) is 0 Å². The predicted molar refractivity (Wildman–Crippen MR) is 49.5 cm³/mol. The Morgan fingerprint density at radius 3 is 3.00 bits per heavy atom. The van der Waals surface area contributed by atoms with Crippen LogP contribution in [-0.2, 0) is 0 Å². The largest absolute Gasteiger partial charge is 0.370 e. The Morgan fingerprint density at radius 2 is 2.17 bits per heavy atom. The molecule has 2 fully saturated rings. The summed E-state index contributed by atoms with van der Waals surface area (Å²) in [5, 5.41) is 0. The molecular weight excluding hydrogens is 146 g/mol. The molecule has 3 aliphatic rings. The highest BCUT2D eigenvalue weighted by molar-refractivity contribution is 5.54. The van der Waals surface area contributed by atoms with Crippen molar-refractivity contribution in [3.05, 3.63) is 35.6 Å². The van der Waals surface area contributed by atoms with E-state index in [0.29, 0.717) is 0 Å². The van der Waals surface area contributed by atoms with Crippen molar-refractivity contribution >= 4 is 0 Å². The summed E-state index contributed by atoms with van der Waals surface area (Å²) in [6, 6.07) is 0. The molecule has 1 saturated carbocycles. The lowest BCUT2D eigenvalue weighted by Crippen LogP contribution is -2.09. The van der Waals surface area contributed by atoms with E-state index in [1.165, 1.54) is 23.3 Å². The van der Waals surface area contributed by atoms with Gasteiger partial charge < -0.3 is 4.90 Å². The molecule has 2 aliphatic carbocycles. The molecule has 2 atom stereocenters. The van der Waals surface area contributed by atoms with Crippen molar-refractivity contribution < 1.29 is 0 Å². The maximum Gasteiger partial charge on any atom is 0.0429 e. The van der Waals surface area contributed by atoms with Crippen LogP contribution in [0.2, 0.25) is 0 Å². The molecule has 1 nitrogen and oxygen atoms in total. The molecule has 1 heterocycles. The minimum atomic E-state index is 0.854. The highest BCUT2D eigenvalue weighted by Crippen LogP contribution is 2.49. The minimum Gasteiger partial charge on any atom is -0.370 e. The highest BCUT2D eigenvalue weighted by atomic mass is 15.1. The number of hydrogen-bond donors (Lipinski definition) is 0. The Morgan fingerprint density at radius 1 is 1.42 bits per heavy atom. The van der Waals surface area contributed by atoms with Gasteiger partial charge in [0.2, 0.25) is 0 Å². The predicted octanol–water partition coefficient (Wildman–Crippen LogP) is 1.95. The number of fused-ring (bicyclic) bond motifs is 2. The molecular formula is C11H13N. The van der Waals surface area contributed by atoms with Gasteiger partial charge >= 0.3 is 0 Å². The van der Waals surface area contributed by atoms with E-state index in [9.17, 15) is 0 Å². The molecule has 12 heavy (non-hydrogen) atoms. The van der Waals surface area contributed by atoms with E-state index < -0.39 is 0 Å². The first kappa shape index (κ1) is 6.53. The van der Waals surface area contributed by atoms with Gasteiger partial charge in [0.15, 0.2) is 0 Å². The summed E-state index contributed by atoms with van der Waals surface area (Å²) in [5.41, 5.74) is 4.16. The lowest BCUT2D eigenvalue weighted by atomic mass is 10.00. The van der Waals surface area contributed by atoms with Crippen molar-refractivity contribution in [3.8, 4) is 0 Å². The molecule has 0 aromatic heterocycles. The van der Waals surface area contributed by atoms with Crippen LogP contribution in [0.15, 0.2) is 35.6 Å². The van der Waals surface area contributed by atoms with E-state index in [1.54, 1.807) is 0 Å². The van der Waals surface area contributed by atoms with Crippen molar-refractivity contribution in [1.29, 1.82) is 0 Å². The van der Waals surface area contributed by atoms with Gasteiger partial charge in [-0.15, -0.1) is 0 Å². The molecule has 0 bridgehead atoms. The zero-order chi connectivity index (χ0) is 8.29. The van der Waals surface area contributed by atoms with E-state index in [1.807, 2.05) is 0 Å². The van der Waals surface area contributed by atoms with Crippen LogP contribution in [-0.4, -0.2) is 18.5 Å². The van der Waals surface area contributed by atoms with Gasteiger partial charge in [-0.1, -0.05) is 18.7 Å². The maximum atomic E-state index is 4.09. The summed E-state index contributed by atoms with van der Waals surface area (Å²) in [4.78, 5) is 2.24. The molecule has 1 saturated heterocycles. The highest BCUT2D eigenvalue weighted by Gasteiger charge is 2.39. The Hall–Kier alpha value is -0.980. The first-order valence-electron chi connectivity index (χ1n) is 4.59. The van der Waals surface area contributed by atoms with E-state index in [0.717, 1.165) is 18.4 Å². The number of nitrogens with zero attached hydrogens (tertiary/aromatic N) is 1. The SMILES string of the molecule is C=C1C2=C[C@@H]3CC3C=C2CN1C. The van der Waals surface area contributed by atoms with Gasteiger partial charge in [0.05, 0.1) is 0 Å². The van der Waals surface area contributed by atoms with Gasteiger partial charge in [-0.2, -0.15) is 0 Å². The number of likely N-dealkylation sites (tertiary alicyclic amines) is 1. The van der Waals surface area contributed by atoms with E-state index in [-0.39, 0.29) is 0 Å². The van der Waals surface area contributed by atoms with Gasteiger partial charge in [0, 0.05) is 19.3 Å². The van der Waals surface area contributed by atoms with Gasteiger partial charge in [-0.3, -0.25) is 0 Å². The van der Waals surface area contributed by atoms with Gasteiger partial charge in [0.25, 0.3) is 0 Å². The summed E-state index contributed by atoms with van der Waals surface area (Å²) < 4.78 is 0. The van der Waals surface area contributed by atoms with Crippen LogP contribution in [0.5, 0.6) is 0 Å². The lowest BCUT2D eigenvalue weighted by Gasteiger charge is -2.09. The number of hydrogen-bond acceptors (Lipinski definition) is 1. The molecule has 0 radical (unpaired) electrons. The monoisotopic (exact) mass is 159 g/mol. The molecule has 1 heteroatoms. The van der Waals surface area contributed by atoms with E-state index in [4.69, 9.17) is 0 Å². The van der Waals surface area contributed by atoms with Crippen molar-refractivity contribution in [2.24, 2.45) is 11.8 Å². The topological polar surface area (TPSA) is 3.24 Å². The maximum absolute atomic E-state index is 4.09. The fourth-order valence-corrected chi connectivity index (χ4v) is 2.26.